The molecule has 0 spiro atoms. The Hall–Kier alpha value is -1.88. The van der Waals surface area contributed by atoms with Crippen LogP contribution in [0.4, 0.5) is 0 Å². The van der Waals surface area contributed by atoms with E-state index < -0.39 is 0 Å². The van der Waals surface area contributed by atoms with Gasteiger partial charge in [-0.05, 0) is 17.6 Å². The first-order chi connectivity index (χ1) is 9.88. The third-order valence-corrected chi connectivity index (χ3v) is 3.83. The Kier molecular flexibility index (Phi) is 3.97. The first kappa shape index (κ1) is 13.1. The van der Waals surface area contributed by atoms with Crippen molar-refractivity contribution in [3.63, 3.8) is 0 Å². The van der Waals surface area contributed by atoms with Gasteiger partial charge in [-0.2, -0.15) is 11.8 Å². The highest BCUT2D eigenvalue weighted by atomic mass is 32.2. The number of benzene rings is 1. The van der Waals surface area contributed by atoms with Crippen LogP contribution in [0.5, 0.6) is 0 Å². The number of imidazole rings is 1. The third-order valence-electron chi connectivity index (χ3n) is 3.22. The number of hydrogen-bond donors (Lipinski definition) is 0. The van der Waals surface area contributed by atoms with Crippen LogP contribution in [0.15, 0.2) is 43.0 Å². The highest BCUT2D eigenvalue weighted by Gasteiger charge is 2.09. The van der Waals surface area contributed by atoms with Gasteiger partial charge in [-0.1, -0.05) is 30.3 Å². The van der Waals surface area contributed by atoms with Crippen molar-refractivity contribution in [3.05, 3.63) is 54.2 Å². The Labute approximate surface area is 122 Å². The van der Waals surface area contributed by atoms with E-state index in [1.54, 1.807) is 6.33 Å². The molecule has 0 aliphatic rings. The second-order valence-electron chi connectivity index (χ2n) is 4.59. The Balaban J connectivity index is 1.93. The van der Waals surface area contributed by atoms with Crippen LogP contribution in [-0.4, -0.2) is 31.5 Å². The maximum Gasteiger partial charge on any atom is 0.163 e. The minimum atomic E-state index is 0.788. The minimum absolute atomic E-state index is 0.788. The van der Waals surface area contributed by atoms with E-state index in [9.17, 15) is 0 Å². The van der Waals surface area contributed by atoms with Gasteiger partial charge < -0.3 is 4.57 Å². The first-order valence-electron chi connectivity index (χ1n) is 6.56. The molecule has 2 heterocycles. The van der Waals surface area contributed by atoms with Crippen molar-refractivity contribution in [3.8, 4) is 0 Å². The van der Waals surface area contributed by atoms with Crippen LogP contribution in [0.2, 0.25) is 0 Å². The molecule has 0 aliphatic heterocycles. The van der Waals surface area contributed by atoms with Crippen molar-refractivity contribution in [2.45, 2.75) is 13.0 Å². The minimum Gasteiger partial charge on any atom is -0.311 e. The molecule has 0 radical (unpaired) electrons. The summed E-state index contributed by atoms with van der Waals surface area (Å²) in [5.74, 6) is 1.05. The maximum atomic E-state index is 4.50. The molecule has 5 heteroatoms. The molecule has 0 bridgehead atoms. The van der Waals surface area contributed by atoms with E-state index in [4.69, 9.17) is 0 Å². The van der Waals surface area contributed by atoms with Crippen molar-refractivity contribution in [2.24, 2.45) is 0 Å². The fraction of sp³-hybridized carbons (Fsp3) is 0.267. The van der Waals surface area contributed by atoms with Gasteiger partial charge in [0.05, 0.1) is 18.6 Å². The molecule has 2 aromatic heterocycles. The monoisotopic (exact) mass is 284 g/mol. The largest absolute Gasteiger partial charge is 0.311 e. The van der Waals surface area contributed by atoms with E-state index in [1.807, 2.05) is 36.3 Å². The van der Waals surface area contributed by atoms with Crippen molar-refractivity contribution < 1.29 is 0 Å². The topological polar surface area (TPSA) is 43.6 Å². The summed E-state index contributed by atoms with van der Waals surface area (Å²) >= 11 is 1.82. The van der Waals surface area contributed by atoms with Gasteiger partial charge in [0.1, 0.15) is 11.8 Å². The lowest BCUT2D eigenvalue weighted by Crippen LogP contribution is -2.01. The highest BCUT2D eigenvalue weighted by molar-refractivity contribution is 7.98. The number of aromatic nitrogens is 4. The van der Waals surface area contributed by atoms with Gasteiger partial charge in [0.25, 0.3) is 0 Å². The molecule has 0 amide bonds. The van der Waals surface area contributed by atoms with Crippen molar-refractivity contribution in [1.29, 1.82) is 0 Å². The van der Waals surface area contributed by atoms with Crippen LogP contribution in [0.25, 0.3) is 11.2 Å². The van der Waals surface area contributed by atoms with Crippen LogP contribution >= 0.6 is 11.8 Å². The number of thioether (sulfide) groups is 1. The van der Waals surface area contributed by atoms with E-state index in [2.05, 4.69) is 37.9 Å². The zero-order chi connectivity index (χ0) is 13.8. The van der Waals surface area contributed by atoms with Crippen molar-refractivity contribution >= 4 is 22.9 Å². The Morgan fingerprint density at radius 2 is 1.95 bits per heavy atom. The van der Waals surface area contributed by atoms with Gasteiger partial charge >= 0.3 is 0 Å². The molecule has 0 saturated heterocycles. The van der Waals surface area contributed by atoms with Gasteiger partial charge in [0.2, 0.25) is 0 Å². The molecule has 0 fully saturated rings. The fourth-order valence-corrected chi connectivity index (χ4v) is 2.60. The van der Waals surface area contributed by atoms with E-state index in [1.165, 1.54) is 5.56 Å². The van der Waals surface area contributed by atoms with Crippen LogP contribution < -0.4 is 0 Å². The van der Waals surface area contributed by atoms with Crippen molar-refractivity contribution in [2.75, 3.05) is 12.0 Å². The van der Waals surface area contributed by atoms with Gasteiger partial charge in [-0.3, -0.25) is 0 Å². The summed E-state index contributed by atoms with van der Waals surface area (Å²) in [6.07, 6.45) is 6.53. The lowest BCUT2D eigenvalue weighted by Gasteiger charge is -2.04. The molecular formula is C15H16N4S. The average molecular weight is 284 g/mol. The molecule has 0 unspecified atom stereocenters. The molecule has 3 aromatic rings. The molecule has 102 valence electrons. The van der Waals surface area contributed by atoms with Gasteiger partial charge in [-0.25, -0.2) is 15.0 Å². The quantitative estimate of drug-likeness (QED) is 0.722. The fourth-order valence-electron chi connectivity index (χ4n) is 2.21. The highest BCUT2D eigenvalue weighted by Crippen LogP contribution is 2.16. The third kappa shape index (κ3) is 2.67. The number of aryl methyl sites for hydroxylation is 1. The molecule has 3 rings (SSSR count). The van der Waals surface area contributed by atoms with Crippen LogP contribution in [0.3, 0.4) is 0 Å². The summed E-state index contributed by atoms with van der Waals surface area (Å²) < 4.78 is 2.08. The number of hydrogen-bond acceptors (Lipinski definition) is 4. The molecule has 0 atom stereocenters. The Morgan fingerprint density at radius 3 is 2.75 bits per heavy atom. The normalized spacial score (nSPS) is 11.1. The number of nitrogens with zero attached hydrogens (tertiary/aromatic N) is 4. The molecular weight excluding hydrogens is 268 g/mol. The van der Waals surface area contributed by atoms with E-state index in [0.29, 0.717) is 0 Å². The molecule has 0 aliphatic carbocycles. The summed E-state index contributed by atoms with van der Waals surface area (Å²) in [4.78, 5) is 13.2. The lowest BCUT2D eigenvalue weighted by atomic mass is 10.2. The summed E-state index contributed by atoms with van der Waals surface area (Å²) in [5, 5.41) is 0. The standard InChI is InChI=1S/C15H16N4S/c1-20-8-7-13-14-15(17-10-16-13)19(11-18-14)9-12-5-3-2-4-6-12/h2-6,10-11H,7-9H2,1H3. The molecule has 1 aromatic carbocycles. The molecule has 20 heavy (non-hydrogen) atoms. The lowest BCUT2D eigenvalue weighted by molar-refractivity contribution is 0.812. The van der Waals surface area contributed by atoms with Crippen LogP contribution in [-0.2, 0) is 13.0 Å². The van der Waals surface area contributed by atoms with Crippen LogP contribution in [0.1, 0.15) is 11.3 Å². The predicted molar refractivity (Wildman–Crippen MR) is 83.0 cm³/mol. The maximum absolute atomic E-state index is 4.50. The van der Waals surface area contributed by atoms with E-state index >= 15 is 0 Å². The van der Waals surface area contributed by atoms with Gasteiger partial charge in [0.15, 0.2) is 5.65 Å². The first-order valence-corrected chi connectivity index (χ1v) is 7.95. The summed E-state index contributed by atoms with van der Waals surface area (Å²) in [7, 11) is 0. The second-order valence-corrected chi connectivity index (χ2v) is 5.58. The number of fused-ring (bicyclic) bond motifs is 1. The zero-order valence-electron chi connectivity index (χ0n) is 11.4. The zero-order valence-corrected chi connectivity index (χ0v) is 12.2. The van der Waals surface area contributed by atoms with Gasteiger partial charge in [-0.15, -0.1) is 0 Å². The van der Waals surface area contributed by atoms with Gasteiger partial charge in [0, 0.05) is 6.42 Å². The van der Waals surface area contributed by atoms with E-state index in [-0.39, 0.29) is 0 Å². The Bertz CT molecular complexity index is 693. The van der Waals surface area contributed by atoms with E-state index in [0.717, 1.165) is 35.6 Å². The molecule has 4 nitrogen and oxygen atoms in total. The predicted octanol–water partition coefficient (Wildman–Crippen LogP) is 2.78. The Morgan fingerprint density at radius 1 is 1.10 bits per heavy atom. The second kappa shape index (κ2) is 6.05. The number of rotatable bonds is 5. The van der Waals surface area contributed by atoms with Crippen LogP contribution in [0, 0.1) is 0 Å². The summed E-state index contributed by atoms with van der Waals surface area (Å²) in [6, 6.07) is 10.3. The van der Waals surface area contributed by atoms with Crippen molar-refractivity contribution in [1.82, 2.24) is 19.5 Å². The average Bonchev–Trinajstić information content (AvgIpc) is 2.90. The summed E-state index contributed by atoms with van der Waals surface area (Å²) in [6.45, 7) is 0.788. The smallest absolute Gasteiger partial charge is 0.163 e. The molecule has 0 N–H and O–H groups in total. The molecule has 0 saturated carbocycles. The summed E-state index contributed by atoms with van der Waals surface area (Å²) in [5.41, 5.74) is 4.13. The SMILES string of the molecule is CSCCc1ncnc2c1ncn2Cc1ccccc1.